The number of aryl methyl sites for hydroxylation is 1. The second kappa shape index (κ2) is 17.6. The second-order valence-electron chi connectivity index (χ2n) is 14.9. The van der Waals surface area contributed by atoms with Gasteiger partial charge in [-0.1, -0.05) is 73.3 Å². The van der Waals surface area contributed by atoms with E-state index >= 15 is 0 Å². The second-order valence-corrected chi connectivity index (χ2v) is 26.5. The topological polar surface area (TPSA) is 72.3 Å². The number of aromatic nitrogens is 2. The van der Waals surface area contributed by atoms with Gasteiger partial charge in [0.05, 0.1) is 0 Å². The van der Waals surface area contributed by atoms with Crippen molar-refractivity contribution in [3.63, 3.8) is 0 Å². The standard InChI is InChI=1S/C26H20NS.C22H22GeNO3.Ir/c1-17(2)19-14-15-27-23(16-19)21-11-6-12-22-25-20(18-8-4-3-5-9-18)10-7-13-24(25)28-26(21)22;1-15-12-21(24-14-20(15)23(2,3)4)17-10-11-18(22(25)27-26)19(13-17)16-8-6-5-7-9-16;/h3-10,12-17H,1-2H3;5-9,11-14,26H,1-4H3;/q2*-1;. The molecule has 3 heterocycles. The van der Waals surface area contributed by atoms with Crippen LogP contribution in [0.1, 0.15) is 41.3 Å². The van der Waals surface area contributed by atoms with Gasteiger partial charge in [-0.3, -0.25) is 0 Å². The van der Waals surface area contributed by atoms with Crippen molar-refractivity contribution in [2.75, 3.05) is 0 Å². The molecule has 0 spiro atoms. The molecule has 0 aliphatic rings. The van der Waals surface area contributed by atoms with Gasteiger partial charge in [0.2, 0.25) is 0 Å². The van der Waals surface area contributed by atoms with Crippen molar-refractivity contribution < 1.29 is 35.0 Å². The molecule has 5 nitrogen and oxygen atoms in total. The van der Waals surface area contributed by atoms with Gasteiger partial charge in [-0.25, -0.2) is 0 Å². The summed E-state index contributed by atoms with van der Waals surface area (Å²) in [6.07, 6.45) is 3.90. The van der Waals surface area contributed by atoms with E-state index in [0.29, 0.717) is 11.5 Å². The van der Waals surface area contributed by atoms with Crippen molar-refractivity contribution in [1.82, 2.24) is 9.97 Å². The van der Waals surface area contributed by atoms with E-state index in [1.54, 1.807) is 6.07 Å². The summed E-state index contributed by atoms with van der Waals surface area (Å²) < 4.78 is 3.94. The van der Waals surface area contributed by atoms with Crippen molar-refractivity contribution in [3.05, 3.63) is 163 Å². The monoisotopic (exact) mass is 993 g/mol. The number of rotatable bonds is 7. The van der Waals surface area contributed by atoms with E-state index in [1.807, 2.05) is 66.2 Å². The van der Waals surface area contributed by atoms with E-state index in [0.717, 1.165) is 28.1 Å². The normalized spacial score (nSPS) is 11.2. The van der Waals surface area contributed by atoms with Gasteiger partial charge in [-0.05, 0) is 45.0 Å². The maximum Gasteiger partial charge on any atom is 0 e. The third kappa shape index (κ3) is 8.63. The van der Waals surface area contributed by atoms with E-state index in [2.05, 4.69) is 138 Å². The number of fused-ring (bicyclic) bond motifs is 3. The summed E-state index contributed by atoms with van der Waals surface area (Å²) in [6, 6.07) is 47.3. The van der Waals surface area contributed by atoms with Crippen molar-refractivity contribution in [1.29, 1.82) is 0 Å². The Kier molecular flexibility index (Phi) is 12.8. The SMILES string of the molecule is CC(C)c1ccnc(-c2[c-]ccc3c2sc2cccc(-c4ccccc4)c23)c1.Cc1cc(-c2[c-]cc(C(=O)OO)c(-c3ccccc3)c2)nc[c]1[Ge]([CH3])([CH3])[CH3].[Ir]. The van der Waals surface area contributed by atoms with Crippen LogP contribution in [-0.4, -0.2) is 34.5 Å². The summed E-state index contributed by atoms with van der Waals surface area (Å²) >= 11 is -0.136. The fraction of sp³-hybridized carbons (Fsp3) is 0.146. The predicted octanol–water partition coefficient (Wildman–Crippen LogP) is 12.4. The third-order valence-electron chi connectivity index (χ3n) is 9.78. The number of nitrogens with zero attached hydrogens (tertiary/aromatic N) is 2. The molecule has 0 saturated carbocycles. The molecule has 0 saturated heterocycles. The quantitative estimate of drug-likeness (QED) is 0.0745. The molecule has 0 bridgehead atoms. The van der Waals surface area contributed by atoms with Gasteiger partial charge in [0, 0.05) is 31.0 Å². The number of thiophene rings is 1. The molecule has 1 N–H and O–H groups in total. The number of carbonyl (C=O) groups is 1. The number of benzene rings is 5. The van der Waals surface area contributed by atoms with Gasteiger partial charge in [0.15, 0.2) is 0 Å². The van der Waals surface area contributed by atoms with Crippen LogP contribution in [-0.2, 0) is 25.0 Å². The van der Waals surface area contributed by atoms with E-state index in [1.165, 1.54) is 46.8 Å². The summed E-state index contributed by atoms with van der Waals surface area (Å²) in [5.41, 5.74) is 10.6. The van der Waals surface area contributed by atoms with Crippen LogP contribution in [0.3, 0.4) is 0 Å². The molecule has 8 rings (SSSR count). The predicted molar refractivity (Wildman–Crippen MR) is 231 cm³/mol. The maximum absolute atomic E-state index is 12.0. The van der Waals surface area contributed by atoms with Crippen LogP contribution >= 0.6 is 11.3 Å². The van der Waals surface area contributed by atoms with Gasteiger partial charge in [0.1, 0.15) is 0 Å². The zero-order valence-electron chi connectivity index (χ0n) is 32.2. The van der Waals surface area contributed by atoms with E-state index < -0.39 is 19.2 Å². The van der Waals surface area contributed by atoms with Gasteiger partial charge in [-0.2, -0.15) is 11.3 Å². The maximum atomic E-state index is 12.0. The Hall–Kier alpha value is -4.76. The van der Waals surface area contributed by atoms with Crippen molar-refractivity contribution in [2.45, 2.75) is 44.0 Å². The van der Waals surface area contributed by atoms with Gasteiger partial charge >= 0.3 is 162 Å². The number of pyridine rings is 2. The summed E-state index contributed by atoms with van der Waals surface area (Å²) in [4.78, 5) is 25.2. The van der Waals surface area contributed by atoms with E-state index in [4.69, 9.17) is 5.26 Å². The molecule has 56 heavy (non-hydrogen) atoms. The number of hydrogen-bond acceptors (Lipinski definition) is 6. The molecule has 5 aromatic carbocycles. The van der Waals surface area contributed by atoms with Crippen LogP contribution in [0.5, 0.6) is 0 Å². The van der Waals surface area contributed by atoms with Crippen LogP contribution in [0.2, 0.25) is 17.3 Å². The van der Waals surface area contributed by atoms with Crippen LogP contribution < -0.4 is 4.40 Å². The molecule has 8 heteroatoms. The Bertz CT molecular complexity index is 2640. The van der Waals surface area contributed by atoms with Crippen LogP contribution in [0.15, 0.2) is 134 Å². The fourth-order valence-electron chi connectivity index (χ4n) is 6.98. The van der Waals surface area contributed by atoms with E-state index in [-0.39, 0.29) is 25.7 Å². The molecule has 8 aromatic rings. The molecular formula is C48H42GeIrN2O3S-2. The summed E-state index contributed by atoms with van der Waals surface area (Å²) in [6.45, 7) is 6.55. The average molecular weight is 992 g/mol. The van der Waals surface area contributed by atoms with Gasteiger partial charge < -0.3 is 4.98 Å². The fourth-order valence-corrected chi connectivity index (χ4v) is 11.8. The third-order valence-corrected chi connectivity index (χ3v) is 15.5. The van der Waals surface area contributed by atoms with Gasteiger partial charge in [-0.15, -0.1) is 23.8 Å². The average Bonchev–Trinajstić information content (AvgIpc) is 3.60. The Morgan fingerprint density at radius 1 is 0.804 bits per heavy atom. The Labute approximate surface area is 349 Å². The minimum absolute atomic E-state index is 0. The molecule has 0 aliphatic heterocycles. The Morgan fingerprint density at radius 2 is 1.50 bits per heavy atom. The molecule has 1 radical (unpaired) electrons. The summed E-state index contributed by atoms with van der Waals surface area (Å²) in [7, 11) is 0. The first-order chi connectivity index (χ1) is 26.5. The molecule has 0 atom stereocenters. The van der Waals surface area contributed by atoms with Crippen LogP contribution in [0.25, 0.3) is 64.9 Å². The molecule has 0 amide bonds. The van der Waals surface area contributed by atoms with Crippen molar-refractivity contribution in [3.8, 4) is 44.8 Å². The minimum Gasteiger partial charge on any atom is 0 e. The van der Waals surface area contributed by atoms with Crippen LogP contribution in [0.4, 0.5) is 0 Å². The van der Waals surface area contributed by atoms with Gasteiger partial charge in [0.25, 0.3) is 0 Å². The molecule has 0 unspecified atom stereocenters. The zero-order chi connectivity index (χ0) is 38.7. The van der Waals surface area contributed by atoms with Crippen molar-refractivity contribution >= 4 is 55.1 Å². The summed E-state index contributed by atoms with van der Waals surface area (Å²) in [5, 5.41) is 11.4. The first-order valence-corrected chi connectivity index (χ1v) is 26.5. The molecule has 0 aliphatic carbocycles. The van der Waals surface area contributed by atoms with Crippen molar-refractivity contribution in [2.24, 2.45) is 0 Å². The smallest absolute Gasteiger partial charge is 0 e. The molecule has 3 aromatic heterocycles. The first kappa shape index (κ1) is 40.9. The molecular weight excluding hydrogens is 949 g/mol. The Balaban J connectivity index is 0.000000187. The Morgan fingerprint density at radius 3 is 2.14 bits per heavy atom. The first-order valence-electron chi connectivity index (χ1n) is 18.4. The summed E-state index contributed by atoms with van der Waals surface area (Å²) in [5.74, 6) is 6.71. The number of hydrogen-bond donors (Lipinski definition) is 1. The number of carbonyl (C=O) groups excluding carboxylic acids is 1. The zero-order valence-corrected chi connectivity index (χ0v) is 37.5. The molecule has 283 valence electrons. The largest absolute Gasteiger partial charge is 0 e. The van der Waals surface area contributed by atoms with Crippen LogP contribution in [0, 0.1) is 19.1 Å². The van der Waals surface area contributed by atoms with E-state index in [9.17, 15) is 4.79 Å². The minimum atomic E-state index is -1.97. The molecule has 0 fully saturated rings.